The van der Waals surface area contributed by atoms with Crippen LogP contribution in [0, 0.1) is 6.92 Å². The number of amides is 1. The quantitative estimate of drug-likeness (QED) is 0.640. The first kappa shape index (κ1) is 18.0. The van der Waals surface area contributed by atoms with E-state index in [0.29, 0.717) is 23.0 Å². The zero-order valence-corrected chi connectivity index (χ0v) is 16.6. The first-order valence-electron chi connectivity index (χ1n) is 8.95. The molecule has 1 fully saturated rings. The second-order valence-corrected chi connectivity index (χ2v) is 7.93. The molecule has 0 spiro atoms. The summed E-state index contributed by atoms with van der Waals surface area (Å²) in [4.78, 5) is 22.6. The van der Waals surface area contributed by atoms with Gasteiger partial charge in [-0.15, -0.1) is 11.3 Å². The van der Waals surface area contributed by atoms with Gasteiger partial charge in [0.1, 0.15) is 9.88 Å². The number of benzene rings is 2. The largest absolute Gasteiger partial charge is 0.368 e. The van der Waals surface area contributed by atoms with E-state index in [1.54, 1.807) is 0 Å². The number of nitrogens with zero attached hydrogens (tertiary/aromatic N) is 3. The number of carbonyl (C=O) groups excluding carboxylic acids is 1. The van der Waals surface area contributed by atoms with E-state index < -0.39 is 0 Å². The summed E-state index contributed by atoms with van der Waals surface area (Å²) in [7, 11) is 0. The number of halogens is 1. The molecule has 3 aromatic rings. The summed E-state index contributed by atoms with van der Waals surface area (Å²) in [5.74, 6) is 0.0658. The Kier molecular flexibility index (Phi) is 5.14. The summed E-state index contributed by atoms with van der Waals surface area (Å²) >= 11 is 7.71. The van der Waals surface area contributed by atoms with E-state index in [2.05, 4.69) is 22.0 Å². The van der Waals surface area contributed by atoms with Crippen LogP contribution >= 0.6 is 22.9 Å². The van der Waals surface area contributed by atoms with Crippen molar-refractivity contribution < 1.29 is 4.79 Å². The van der Waals surface area contributed by atoms with Crippen LogP contribution in [0.1, 0.15) is 15.4 Å². The first-order valence-corrected chi connectivity index (χ1v) is 10.1. The molecule has 1 aromatic heterocycles. The maximum atomic E-state index is 13.0. The van der Waals surface area contributed by atoms with Gasteiger partial charge in [-0.25, -0.2) is 4.98 Å². The van der Waals surface area contributed by atoms with Crippen LogP contribution in [0.25, 0.3) is 10.6 Å². The van der Waals surface area contributed by atoms with Gasteiger partial charge in [0.15, 0.2) is 0 Å². The molecule has 0 radical (unpaired) electrons. The third kappa shape index (κ3) is 3.70. The van der Waals surface area contributed by atoms with Gasteiger partial charge in [0.05, 0.1) is 10.7 Å². The molecule has 4 rings (SSSR count). The van der Waals surface area contributed by atoms with Crippen LogP contribution in [-0.2, 0) is 0 Å². The van der Waals surface area contributed by atoms with Crippen molar-refractivity contribution in [2.75, 3.05) is 31.1 Å². The van der Waals surface area contributed by atoms with Crippen LogP contribution < -0.4 is 4.90 Å². The Bertz CT molecular complexity index is 949. The molecule has 2 heterocycles. The van der Waals surface area contributed by atoms with Gasteiger partial charge < -0.3 is 9.80 Å². The minimum absolute atomic E-state index is 0.0658. The number of rotatable bonds is 3. The third-order valence-electron chi connectivity index (χ3n) is 4.78. The fourth-order valence-electron chi connectivity index (χ4n) is 3.29. The van der Waals surface area contributed by atoms with Crippen molar-refractivity contribution in [3.63, 3.8) is 0 Å². The highest BCUT2D eigenvalue weighted by atomic mass is 35.5. The third-order valence-corrected chi connectivity index (χ3v) is 6.29. The van der Waals surface area contributed by atoms with Crippen LogP contribution in [0.15, 0.2) is 54.6 Å². The van der Waals surface area contributed by atoms with Gasteiger partial charge in [0.25, 0.3) is 5.91 Å². The zero-order chi connectivity index (χ0) is 18.8. The van der Waals surface area contributed by atoms with E-state index in [9.17, 15) is 4.79 Å². The Morgan fingerprint density at radius 1 is 1.00 bits per heavy atom. The number of piperazine rings is 1. The monoisotopic (exact) mass is 397 g/mol. The van der Waals surface area contributed by atoms with Gasteiger partial charge in [-0.1, -0.05) is 48.0 Å². The summed E-state index contributed by atoms with van der Waals surface area (Å²) in [6.45, 7) is 5.00. The van der Waals surface area contributed by atoms with Gasteiger partial charge in [-0.05, 0) is 25.1 Å². The standard InChI is InChI=1S/C21H20ClN3OS/c1-15-19(27-20(23-15)17-9-5-6-10-18(17)22)21(26)25-13-11-24(12-14-25)16-7-3-2-4-8-16/h2-10H,11-14H2,1H3. The van der Waals surface area contributed by atoms with Crippen LogP contribution in [0.2, 0.25) is 5.02 Å². The van der Waals surface area contributed by atoms with Gasteiger partial charge in [0.2, 0.25) is 0 Å². The van der Waals surface area contributed by atoms with Crippen molar-refractivity contribution in [2.45, 2.75) is 6.92 Å². The van der Waals surface area contributed by atoms with Gasteiger partial charge >= 0.3 is 0 Å². The molecule has 0 N–H and O–H groups in total. The van der Waals surface area contributed by atoms with E-state index in [1.165, 1.54) is 17.0 Å². The molecule has 1 aliphatic rings. The van der Waals surface area contributed by atoms with E-state index in [0.717, 1.165) is 29.4 Å². The Labute approximate surface area is 168 Å². The number of aryl methyl sites for hydroxylation is 1. The minimum atomic E-state index is 0.0658. The molecule has 2 aromatic carbocycles. The fraction of sp³-hybridized carbons (Fsp3) is 0.238. The number of hydrogen-bond acceptors (Lipinski definition) is 4. The topological polar surface area (TPSA) is 36.4 Å². The average Bonchev–Trinajstić information content (AvgIpc) is 3.10. The Morgan fingerprint density at radius 3 is 2.37 bits per heavy atom. The van der Waals surface area contributed by atoms with Gasteiger partial charge in [-0.3, -0.25) is 4.79 Å². The van der Waals surface area contributed by atoms with Crippen molar-refractivity contribution in [2.24, 2.45) is 0 Å². The number of carbonyl (C=O) groups is 1. The van der Waals surface area contributed by atoms with E-state index in [-0.39, 0.29) is 5.91 Å². The summed E-state index contributed by atoms with van der Waals surface area (Å²) in [5, 5.41) is 1.45. The van der Waals surface area contributed by atoms with E-state index in [4.69, 9.17) is 11.6 Å². The highest BCUT2D eigenvalue weighted by Crippen LogP contribution is 2.33. The van der Waals surface area contributed by atoms with Crippen LogP contribution in [0.4, 0.5) is 5.69 Å². The van der Waals surface area contributed by atoms with E-state index in [1.807, 2.05) is 54.3 Å². The molecule has 1 amide bonds. The zero-order valence-electron chi connectivity index (χ0n) is 15.1. The fourth-order valence-corrected chi connectivity index (χ4v) is 4.65. The summed E-state index contributed by atoms with van der Waals surface area (Å²) in [6.07, 6.45) is 0. The molecular weight excluding hydrogens is 378 g/mol. The van der Waals surface area contributed by atoms with Crippen LogP contribution in [-0.4, -0.2) is 42.0 Å². The lowest BCUT2D eigenvalue weighted by Crippen LogP contribution is -2.48. The molecular formula is C21H20ClN3OS. The number of para-hydroxylation sites is 1. The molecule has 138 valence electrons. The maximum Gasteiger partial charge on any atom is 0.265 e. The molecule has 0 unspecified atom stereocenters. The second-order valence-electron chi connectivity index (χ2n) is 6.53. The highest BCUT2D eigenvalue weighted by molar-refractivity contribution is 7.17. The van der Waals surface area contributed by atoms with Crippen molar-refractivity contribution in [1.82, 2.24) is 9.88 Å². The van der Waals surface area contributed by atoms with Crippen LogP contribution in [0.5, 0.6) is 0 Å². The van der Waals surface area contributed by atoms with Gasteiger partial charge in [-0.2, -0.15) is 0 Å². The summed E-state index contributed by atoms with van der Waals surface area (Å²) in [5.41, 5.74) is 2.85. The molecule has 6 heteroatoms. The Balaban J connectivity index is 1.49. The molecule has 27 heavy (non-hydrogen) atoms. The normalized spacial score (nSPS) is 14.4. The lowest BCUT2D eigenvalue weighted by Gasteiger charge is -2.36. The number of hydrogen-bond donors (Lipinski definition) is 0. The van der Waals surface area contributed by atoms with Crippen LogP contribution in [0.3, 0.4) is 0 Å². The smallest absolute Gasteiger partial charge is 0.265 e. The molecule has 0 aliphatic carbocycles. The number of aromatic nitrogens is 1. The molecule has 0 atom stereocenters. The average molecular weight is 398 g/mol. The van der Waals surface area contributed by atoms with E-state index >= 15 is 0 Å². The van der Waals surface area contributed by atoms with Crippen molar-refractivity contribution in [3.8, 4) is 10.6 Å². The predicted octanol–water partition coefficient (Wildman–Crippen LogP) is 4.73. The molecule has 4 nitrogen and oxygen atoms in total. The van der Waals surface area contributed by atoms with Gasteiger partial charge in [0, 0.05) is 37.4 Å². The predicted molar refractivity (Wildman–Crippen MR) is 112 cm³/mol. The summed E-state index contributed by atoms with van der Waals surface area (Å²) < 4.78 is 0. The molecule has 1 saturated heterocycles. The minimum Gasteiger partial charge on any atom is -0.368 e. The molecule has 1 aliphatic heterocycles. The Hall–Kier alpha value is -2.37. The molecule has 0 bridgehead atoms. The summed E-state index contributed by atoms with van der Waals surface area (Å²) in [6, 6.07) is 17.9. The Morgan fingerprint density at radius 2 is 1.67 bits per heavy atom. The maximum absolute atomic E-state index is 13.0. The first-order chi connectivity index (χ1) is 13.1. The number of thiazole rings is 1. The lowest BCUT2D eigenvalue weighted by atomic mass is 10.2. The van der Waals surface area contributed by atoms with Crippen molar-refractivity contribution in [1.29, 1.82) is 0 Å². The number of anilines is 1. The van der Waals surface area contributed by atoms with Crippen molar-refractivity contribution >= 4 is 34.5 Å². The lowest BCUT2D eigenvalue weighted by molar-refractivity contribution is 0.0750. The second kappa shape index (κ2) is 7.71. The highest BCUT2D eigenvalue weighted by Gasteiger charge is 2.26. The molecule has 0 saturated carbocycles. The van der Waals surface area contributed by atoms with Crippen molar-refractivity contribution in [3.05, 3.63) is 70.2 Å². The SMILES string of the molecule is Cc1nc(-c2ccccc2Cl)sc1C(=O)N1CCN(c2ccccc2)CC1.